The number of piperidine rings is 3. The molecule has 3 fully saturated rings. The van der Waals surface area contributed by atoms with Gasteiger partial charge >= 0.3 is 0 Å². The van der Waals surface area contributed by atoms with Crippen LogP contribution in [0.5, 0.6) is 0 Å². The predicted octanol–water partition coefficient (Wildman–Crippen LogP) is 4.88. The lowest BCUT2D eigenvalue weighted by Gasteiger charge is -2.43. The van der Waals surface area contributed by atoms with Crippen LogP contribution < -0.4 is 0 Å². The van der Waals surface area contributed by atoms with Crippen LogP contribution in [0, 0.1) is 0 Å². The molecular weight excluding hydrogens is 482 g/mol. The van der Waals surface area contributed by atoms with Crippen molar-refractivity contribution in [1.29, 1.82) is 0 Å². The number of carbonyl (C=O) groups is 1. The highest BCUT2D eigenvalue weighted by Crippen LogP contribution is 2.32. The molecule has 0 saturated carbocycles. The monoisotopic (exact) mass is 519 g/mol. The maximum absolute atomic E-state index is 13.9. The number of benzene rings is 3. The summed E-state index contributed by atoms with van der Waals surface area (Å²) in [7, 11) is -3.23. The fourth-order valence-corrected chi connectivity index (χ4v) is 8.74. The van der Waals surface area contributed by atoms with Gasteiger partial charge in [-0.15, -0.1) is 0 Å². The highest BCUT2D eigenvalue weighted by atomic mass is 32.2. The topological polar surface area (TPSA) is 60.9 Å². The number of rotatable bonds is 4. The fraction of sp³-hybridized carbons (Fsp3) is 0.500. The Bertz CT molecular complexity index is 1340. The first kappa shape index (κ1) is 24.8. The number of likely N-dealkylation sites (tertiary alicyclic amines) is 2. The molecule has 0 aliphatic carbocycles. The van der Waals surface area contributed by atoms with Crippen LogP contribution >= 0.6 is 0 Å². The molecule has 3 aliphatic rings. The van der Waals surface area contributed by atoms with E-state index in [9.17, 15) is 13.2 Å². The molecule has 3 saturated heterocycles. The van der Waals surface area contributed by atoms with Crippen LogP contribution in [0.25, 0.3) is 21.5 Å². The number of nitrogens with zero attached hydrogens (tertiary/aromatic N) is 3. The molecule has 3 aromatic carbocycles. The summed E-state index contributed by atoms with van der Waals surface area (Å²) in [5, 5.41) is 3.91. The quantitative estimate of drug-likeness (QED) is 0.461. The first-order valence-corrected chi connectivity index (χ1v) is 15.5. The summed E-state index contributed by atoms with van der Waals surface area (Å²) in [6.45, 7) is 4.37. The van der Waals surface area contributed by atoms with Crippen molar-refractivity contribution in [1.82, 2.24) is 14.1 Å². The van der Waals surface area contributed by atoms with E-state index in [0.29, 0.717) is 38.8 Å². The summed E-state index contributed by atoms with van der Waals surface area (Å²) < 4.78 is 28.4. The maximum Gasteiger partial charge on any atom is 0.255 e. The van der Waals surface area contributed by atoms with Crippen molar-refractivity contribution in [2.24, 2.45) is 0 Å². The molecule has 1 unspecified atom stereocenters. The van der Waals surface area contributed by atoms with Crippen molar-refractivity contribution in [2.75, 3.05) is 39.3 Å². The van der Waals surface area contributed by atoms with E-state index in [4.69, 9.17) is 0 Å². The standard InChI is InChI=1S/C30H37N3O3S/c34-30(29-27-12-4-2-9-23(27)21-24-10-3-5-13-28(24)29)31-19-14-25(15-20-31)32-16-8-11-26(22-32)37(35,36)33-17-6-1-7-18-33/h2-5,9-10,12-13,21,25-26H,1,6-8,11,14-20,22H2. The van der Waals surface area contributed by atoms with Gasteiger partial charge in [-0.2, -0.15) is 0 Å². The largest absolute Gasteiger partial charge is 0.338 e. The lowest BCUT2D eigenvalue weighted by atomic mass is 9.94. The lowest BCUT2D eigenvalue weighted by molar-refractivity contribution is 0.0594. The Kier molecular flexibility index (Phi) is 6.95. The van der Waals surface area contributed by atoms with Crippen LogP contribution in [0.4, 0.5) is 0 Å². The molecule has 1 amide bonds. The summed E-state index contributed by atoms with van der Waals surface area (Å²) in [6, 6.07) is 18.8. The molecule has 3 aliphatic heterocycles. The normalized spacial score (nSPS) is 23.0. The SMILES string of the molecule is O=C(c1c2ccccc2cc2ccccc12)N1CCC(N2CCCC(S(=O)(=O)N3CCCCC3)C2)CC1. The van der Waals surface area contributed by atoms with Gasteiger partial charge in [0.25, 0.3) is 5.91 Å². The van der Waals surface area contributed by atoms with Gasteiger partial charge in [-0.1, -0.05) is 55.0 Å². The Morgan fingerprint density at radius 2 is 1.35 bits per heavy atom. The third-order valence-corrected chi connectivity index (χ3v) is 11.1. The Balaban J connectivity index is 1.16. The molecular formula is C30H37N3O3S. The molecule has 1 atom stereocenters. The number of hydrogen-bond donors (Lipinski definition) is 0. The predicted molar refractivity (Wildman–Crippen MR) is 149 cm³/mol. The molecule has 37 heavy (non-hydrogen) atoms. The van der Waals surface area contributed by atoms with E-state index in [1.807, 2.05) is 29.2 Å². The second-order valence-corrected chi connectivity index (χ2v) is 13.2. The second-order valence-electron chi connectivity index (χ2n) is 11.0. The first-order chi connectivity index (χ1) is 18.0. The van der Waals surface area contributed by atoms with Gasteiger partial charge in [0.2, 0.25) is 10.0 Å². The first-order valence-electron chi connectivity index (χ1n) is 13.9. The Morgan fingerprint density at radius 1 is 0.730 bits per heavy atom. The van der Waals surface area contributed by atoms with Gasteiger partial charge in [-0.3, -0.25) is 9.69 Å². The van der Waals surface area contributed by atoms with E-state index in [-0.39, 0.29) is 11.2 Å². The molecule has 196 valence electrons. The van der Waals surface area contributed by atoms with Gasteiger partial charge in [0.05, 0.1) is 10.8 Å². The van der Waals surface area contributed by atoms with E-state index in [2.05, 4.69) is 35.2 Å². The molecule has 7 heteroatoms. The van der Waals surface area contributed by atoms with E-state index >= 15 is 0 Å². The zero-order valence-corrected chi connectivity index (χ0v) is 22.3. The van der Waals surface area contributed by atoms with Gasteiger partial charge in [0.1, 0.15) is 0 Å². The number of hydrogen-bond acceptors (Lipinski definition) is 4. The van der Waals surface area contributed by atoms with Crippen LogP contribution in [-0.4, -0.2) is 79.0 Å². The Labute approximate surface area is 220 Å². The van der Waals surface area contributed by atoms with Crippen molar-refractivity contribution in [2.45, 2.75) is 56.2 Å². The zero-order chi connectivity index (χ0) is 25.4. The third-order valence-electron chi connectivity index (χ3n) is 8.76. The Hall–Kier alpha value is -2.48. The maximum atomic E-state index is 13.9. The minimum absolute atomic E-state index is 0.107. The van der Waals surface area contributed by atoms with Crippen molar-refractivity contribution in [3.05, 3.63) is 60.2 Å². The van der Waals surface area contributed by atoms with Gasteiger partial charge in [0, 0.05) is 38.8 Å². The fourth-order valence-electron chi connectivity index (χ4n) is 6.71. The summed E-state index contributed by atoms with van der Waals surface area (Å²) in [5.74, 6) is 0.107. The van der Waals surface area contributed by atoms with Gasteiger partial charge in [0.15, 0.2) is 0 Å². The van der Waals surface area contributed by atoms with Gasteiger partial charge in [-0.05, 0) is 72.7 Å². The molecule has 0 radical (unpaired) electrons. The minimum Gasteiger partial charge on any atom is -0.338 e. The highest BCUT2D eigenvalue weighted by molar-refractivity contribution is 7.89. The van der Waals surface area contributed by atoms with Crippen molar-refractivity contribution < 1.29 is 13.2 Å². The van der Waals surface area contributed by atoms with Crippen molar-refractivity contribution in [3.8, 4) is 0 Å². The van der Waals surface area contributed by atoms with Crippen LogP contribution in [0.15, 0.2) is 54.6 Å². The zero-order valence-electron chi connectivity index (χ0n) is 21.5. The number of fused-ring (bicyclic) bond motifs is 2. The molecule has 0 bridgehead atoms. The van der Waals surface area contributed by atoms with Gasteiger partial charge in [-0.25, -0.2) is 12.7 Å². The smallest absolute Gasteiger partial charge is 0.255 e. The van der Waals surface area contributed by atoms with Gasteiger partial charge < -0.3 is 4.90 Å². The van der Waals surface area contributed by atoms with Crippen molar-refractivity contribution in [3.63, 3.8) is 0 Å². The van der Waals surface area contributed by atoms with E-state index in [1.165, 1.54) is 0 Å². The highest BCUT2D eigenvalue weighted by Gasteiger charge is 2.38. The molecule has 0 aromatic heterocycles. The number of amides is 1. The van der Waals surface area contributed by atoms with Crippen LogP contribution in [0.1, 0.15) is 55.3 Å². The van der Waals surface area contributed by atoms with Crippen LogP contribution in [0.2, 0.25) is 0 Å². The van der Waals surface area contributed by atoms with E-state index in [1.54, 1.807) is 4.31 Å². The average Bonchev–Trinajstić information content (AvgIpc) is 2.96. The number of carbonyl (C=O) groups excluding carboxylic acids is 1. The summed E-state index contributed by atoms with van der Waals surface area (Å²) >= 11 is 0. The minimum atomic E-state index is -3.23. The second kappa shape index (κ2) is 10.4. The molecule has 0 N–H and O–H groups in total. The van der Waals surface area contributed by atoms with E-state index in [0.717, 1.165) is 78.6 Å². The lowest BCUT2D eigenvalue weighted by Crippen LogP contribution is -2.54. The van der Waals surface area contributed by atoms with Crippen molar-refractivity contribution >= 4 is 37.5 Å². The molecule has 6 rings (SSSR count). The molecule has 3 aromatic rings. The third kappa shape index (κ3) is 4.77. The summed E-state index contributed by atoms with van der Waals surface area (Å²) in [5.41, 5.74) is 0.804. The number of sulfonamides is 1. The Morgan fingerprint density at radius 3 is 2.00 bits per heavy atom. The summed E-state index contributed by atoms with van der Waals surface area (Å²) in [6.07, 6.45) is 6.58. The molecule has 3 heterocycles. The average molecular weight is 520 g/mol. The van der Waals surface area contributed by atoms with Crippen LogP contribution in [0.3, 0.4) is 0 Å². The van der Waals surface area contributed by atoms with E-state index < -0.39 is 10.0 Å². The molecule has 0 spiro atoms. The molecule has 6 nitrogen and oxygen atoms in total. The van der Waals surface area contributed by atoms with Crippen LogP contribution in [-0.2, 0) is 10.0 Å². The summed E-state index contributed by atoms with van der Waals surface area (Å²) in [4.78, 5) is 18.3.